The van der Waals surface area contributed by atoms with Gasteiger partial charge in [0.1, 0.15) is 0 Å². The third-order valence-electron chi connectivity index (χ3n) is 0.556. The molecule has 0 aromatic heterocycles. The smallest absolute Gasteiger partial charge is 0.0312 e. The van der Waals surface area contributed by atoms with E-state index in [2.05, 4.69) is 41.1 Å². The van der Waals surface area contributed by atoms with Gasteiger partial charge in [0.2, 0.25) is 0 Å². The van der Waals surface area contributed by atoms with E-state index in [-0.39, 0.29) is 0 Å². The van der Waals surface area contributed by atoms with Crippen LogP contribution in [0.3, 0.4) is 0 Å². The molecule has 1 rings (SSSR count). The van der Waals surface area contributed by atoms with Crippen molar-refractivity contribution in [2.24, 2.45) is 0 Å². The van der Waals surface area contributed by atoms with Gasteiger partial charge in [-0.25, -0.2) is 0 Å². The van der Waals surface area contributed by atoms with Gasteiger partial charge in [0.25, 0.3) is 0 Å². The van der Waals surface area contributed by atoms with Crippen molar-refractivity contribution < 1.29 is 13.2 Å². The van der Waals surface area contributed by atoms with E-state index < -0.39 is 0 Å². The minimum atomic E-state index is 0.335. The predicted octanol–water partition coefficient (Wildman–Crippen LogP) is 3.57. The summed E-state index contributed by atoms with van der Waals surface area (Å²) in [6.45, 7) is 6.50. The molecule has 0 amide bonds. The molecule has 0 N–H and O–H groups in total. The first-order chi connectivity index (χ1) is 5.33. The van der Waals surface area contributed by atoms with Crippen LogP contribution in [0, 0.1) is 52.4 Å². The fourth-order valence-corrected chi connectivity index (χ4v) is 0.321. The van der Waals surface area contributed by atoms with E-state index in [1.807, 2.05) is 32.1 Å². The average Bonchev–Trinajstić information content (AvgIpc) is 2.44. The van der Waals surface area contributed by atoms with E-state index in [1.165, 1.54) is 6.42 Å². The van der Waals surface area contributed by atoms with Crippen LogP contribution in [0.15, 0.2) is 0 Å². The van der Waals surface area contributed by atoms with Crippen LogP contribution < -0.4 is 0 Å². The van der Waals surface area contributed by atoms with Crippen LogP contribution >= 0.6 is 27.2 Å². The maximum Gasteiger partial charge on any atom is -0.0312 e. The third-order valence-corrected chi connectivity index (χ3v) is 0.556. The minimum absolute atomic E-state index is 0.335. The Morgan fingerprint density at radius 2 is 1.00 bits per heavy atom. The summed E-state index contributed by atoms with van der Waals surface area (Å²) in [4.78, 5) is 0. The molecular formula is C8H10Br2Ru+2. The van der Waals surface area contributed by atoms with Gasteiger partial charge < -0.3 is 0 Å². The number of rotatable bonds is 0. The van der Waals surface area contributed by atoms with Crippen molar-refractivity contribution in [2.75, 3.05) is 0 Å². The Balaban J connectivity index is 0. The van der Waals surface area contributed by atoms with Gasteiger partial charge in [-0.2, -0.15) is 0 Å². The van der Waals surface area contributed by atoms with Crippen molar-refractivity contribution in [3.63, 3.8) is 0 Å². The Kier molecular flexibility index (Phi) is 24.1. The van der Waals surface area contributed by atoms with Gasteiger partial charge in [0, 0.05) is 0 Å². The Morgan fingerprint density at radius 3 is 1.09 bits per heavy atom. The normalized spacial score (nSPS) is 14.2. The first-order valence-electron chi connectivity index (χ1n) is 2.75. The summed E-state index contributed by atoms with van der Waals surface area (Å²) >= 11 is 6.64. The molecule has 0 atom stereocenters. The molecule has 0 spiro atoms. The van der Waals surface area contributed by atoms with Crippen LogP contribution in [0.2, 0.25) is 0 Å². The summed E-state index contributed by atoms with van der Waals surface area (Å²) in [6, 6.07) is 0. The monoisotopic (exact) mass is 366 g/mol. The molecule has 11 heavy (non-hydrogen) atoms. The van der Waals surface area contributed by atoms with Crippen molar-refractivity contribution in [1.82, 2.24) is 0 Å². The zero-order chi connectivity index (χ0) is 8.95. The van der Waals surface area contributed by atoms with E-state index in [0.29, 0.717) is 13.2 Å². The van der Waals surface area contributed by atoms with Crippen LogP contribution in [0.5, 0.6) is 0 Å². The molecule has 1 saturated carbocycles. The fraction of sp³-hybridized carbons (Fsp3) is 0. The van der Waals surface area contributed by atoms with E-state index >= 15 is 0 Å². The Morgan fingerprint density at radius 1 is 0.909 bits per heavy atom. The van der Waals surface area contributed by atoms with E-state index in [4.69, 9.17) is 0 Å². The third kappa shape index (κ3) is 24.5. The van der Waals surface area contributed by atoms with Crippen LogP contribution in [0.1, 0.15) is 0 Å². The van der Waals surface area contributed by atoms with Gasteiger partial charge in [0.15, 0.2) is 0 Å². The second kappa shape index (κ2) is 17.6. The molecule has 62 valence electrons. The fourth-order valence-electron chi connectivity index (χ4n) is 0.321. The largest absolute Gasteiger partial charge is 0.0499 e. The van der Waals surface area contributed by atoms with Crippen LogP contribution in [0.4, 0.5) is 0 Å². The molecule has 1 aliphatic rings. The molecule has 3 heteroatoms. The van der Waals surface area contributed by atoms with Crippen LogP contribution in [0.25, 0.3) is 0 Å². The second-order valence-electron chi connectivity index (χ2n) is 1.30. The molecular weight excluding hydrogens is 357 g/mol. The van der Waals surface area contributed by atoms with Crippen molar-refractivity contribution in [1.29, 1.82) is 0 Å². The molecule has 8 radical (unpaired) electrons. The van der Waals surface area contributed by atoms with E-state index in [0.717, 1.165) is 0 Å². The number of halogens is 2. The maximum atomic E-state index is 3.25. The first kappa shape index (κ1) is 15.1. The topological polar surface area (TPSA) is 0 Å². The zero-order valence-corrected chi connectivity index (χ0v) is 10.9. The van der Waals surface area contributed by atoms with E-state index in [9.17, 15) is 0 Å². The number of hydrogen-bond acceptors (Lipinski definition) is 0. The average molecular weight is 367 g/mol. The molecule has 0 heterocycles. The van der Waals surface area contributed by atoms with Crippen molar-refractivity contribution >= 4 is 27.2 Å². The summed E-state index contributed by atoms with van der Waals surface area (Å²) in [5, 5.41) is 0. The SMILES string of the molecule is [Br][Ru+2][Br].[CH2][CH][CH2].[CH]1[CH][CH][CH][CH]1. The summed E-state index contributed by atoms with van der Waals surface area (Å²) in [5.74, 6) is 0. The van der Waals surface area contributed by atoms with Crippen molar-refractivity contribution in [3.8, 4) is 0 Å². The van der Waals surface area contributed by atoms with Crippen LogP contribution in [-0.2, 0) is 13.2 Å². The Labute approximate surface area is 92.2 Å². The number of hydrogen-bond donors (Lipinski definition) is 0. The predicted molar refractivity (Wildman–Crippen MR) is 54.4 cm³/mol. The molecule has 0 nitrogen and oxygen atoms in total. The first-order valence-corrected chi connectivity index (χ1v) is 10.7. The van der Waals surface area contributed by atoms with Crippen molar-refractivity contribution in [3.05, 3.63) is 52.4 Å². The maximum absolute atomic E-state index is 3.25. The zero-order valence-electron chi connectivity index (χ0n) is 5.99. The van der Waals surface area contributed by atoms with Gasteiger partial charge in [-0.05, 0) is 52.4 Å². The molecule has 1 fully saturated rings. The van der Waals surface area contributed by atoms with Crippen LogP contribution in [-0.4, -0.2) is 0 Å². The quantitative estimate of drug-likeness (QED) is 0.575. The Bertz CT molecular complexity index is 37.7. The van der Waals surface area contributed by atoms with Gasteiger partial charge in [-0.3, -0.25) is 0 Å². The molecule has 0 aromatic rings. The summed E-state index contributed by atoms with van der Waals surface area (Å²) < 4.78 is 0. The molecule has 0 aliphatic heterocycles. The molecule has 1 aliphatic carbocycles. The Hall–Kier alpha value is 1.58. The summed E-state index contributed by atoms with van der Waals surface area (Å²) in [5.41, 5.74) is 0. The van der Waals surface area contributed by atoms with Gasteiger partial charge >= 0.3 is 40.5 Å². The molecule has 0 unspecified atom stereocenters. The van der Waals surface area contributed by atoms with E-state index in [1.54, 1.807) is 0 Å². The second-order valence-corrected chi connectivity index (χ2v) is 9.32. The van der Waals surface area contributed by atoms with Gasteiger partial charge in [-0.15, -0.1) is 0 Å². The summed E-state index contributed by atoms with van der Waals surface area (Å²) in [7, 11) is 0. The molecule has 0 bridgehead atoms. The molecule has 0 aromatic carbocycles. The van der Waals surface area contributed by atoms with Crippen molar-refractivity contribution in [2.45, 2.75) is 0 Å². The summed E-state index contributed by atoms with van der Waals surface area (Å²) in [6.07, 6.45) is 11.5. The minimum Gasteiger partial charge on any atom is -0.0499 e. The standard InChI is InChI=1S/C5H5.C3H5.2BrH.Ru/c1-2-4-5-3-1;1-3-2;;;/h1-5H;3H,1-2H2;2*1H;/q;;;;+4/p-2. The molecule has 0 saturated heterocycles. The van der Waals surface area contributed by atoms with Gasteiger partial charge in [0.05, 0.1) is 0 Å². The van der Waals surface area contributed by atoms with Gasteiger partial charge in [-0.1, -0.05) is 0 Å².